The molecule has 0 radical (unpaired) electrons. The summed E-state index contributed by atoms with van der Waals surface area (Å²) in [5.74, 6) is 0. The zero-order valence-electron chi connectivity index (χ0n) is 12.5. The lowest BCUT2D eigenvalue weighted by atomic mass is 9.88. The molecule has 1 aliphatic carbocycles. The molecule has 110 valence electrons. The van der Waals surface area contributed by atoms with Crippen LogP contribution in [0.5, 0.6) is 0 Å². The van der Waals surface area contributed by atoms with E-state index >= 15 is 0 Å². The van der Waals surface area contributed by atoms with E-state index in [1.807, 2.05) is 23.3 Å². The van der Waals surface area contributed by atoms with Gasteiger partial charge in [-0.3, -0.25) is 9.36 Å². The van der Waals surface area contributed by atoms with Gasteiger partial charge in [0.2, 0.25) is 0 Å². The summed E-state index contributed by atoms with van der Waals surface area (Å²) in [5.41, 5.74) is 1.52. The third-order valence-electron chi connectivity index (χ3n) is 4.23. The lowest BCUT2D eigenvalue weighted by Gasteiger charge is -2.18. The van der Waals surface area contributed by atoms with Crippen molar-refractivity contribution in [3.05, 3.63) is 18.6 Å². The summed E-state index contributed by atoms with van der Waals surface area (Å²) in [6.45, 7) is 4.81. The molecule has 0 aliphatic heterocycles. The second kappa shape index (κ2) is 5.32. The molecule has 2 aromatic heterocycles. The van der Waals surface area contributed by atoms with Crippen LogP contribution < -0.4 is 0 Å². The van der Waals surface area contributed by atoms with Gasteiger partial charge in [0.1, 0.15) is 5.69 Å². The van der Waals surface area contributed by atoms with E-state index in [0.29, 0.717) is 12.6 Å². The third-order valence-corrected chi connectivity index (χ3v) is 4.23. The number of nitriles is 1. The van der Waals surface area contributed by atoms with E-state index in [1.165, 1.54) is 0 Å². The van der Waals surface area contributed by atoms with E-state index in [-0.39, 0.29) is 5.41 Å². The molecular weight excluding hydrogens is 264 g/mol. The van der Waals surface area contributed by atoms with Gasteiger partial charge in [0.15, 0.2) is 0 Å². The summed E-state index contributed by atoms with van der Waals surface area (Å²) in [5, 5.41) is 22.2. The normalized spacial score (nSPS) is 17.2. The van der Waals surface area contributed by atoms with Gasteiger partial charge in [-0.15, -0.1) is 5.10 Å². The van der Waals surface area contributed by atoms with Crippen LogP contribution in [-0.2, 0) is 6.54 Å². The first-order chi connectivity index (χ1) is 10.1. The molecule has 0 unspecified atom stereocenters. The van der Waals surface area contributed by atoms with Crippen LogP contribution in [-0.4, -0.2) is 24.8 Å². The molecule has 1 aliphatic rings. The minimum Gasteiger partial charge on any atom is -0.270 e. The second-order valence-corrected chi connectivity index (χ2v) is 6.20. The van der Waals surface area contributed by atoms with E-state index in [1.54, 1.807) is 4.68 Å². The highest BCUT2D eigenvalue weighted by atomic mass is 15.4. The molecule has 2 aromatic rings. The Morgan fingerprint density at radius 1 is 1.33 bits per heavy atom. The molecule has 0 atom stereocenters. The Hall–Kier alpha value is -2.16. The molecule has 1 fully saturated rings. The molecule has 0 saturated heterocycles. The van der Waals surface area contributed by atoms with E-state index in [9.17, 15) is 5.26 Å². The predicted molar refractivity (Wildman–Crippen MR) is 78.1 cm³/mol. The van der Waals surface area contributed by atoms with Crippen molar-refractivity contribution >= 4 is 0 Å². The Morgan fingerprint density at radius 3 is 2.71 bits per heavy atom. The Balaban J connectivity index is 1.78. The van der Waals surface area contributed by atoms with Gasteiger partial charge in [-0.2, -0.15) is 10.4 Å². The van der Waals surface area contributed by atoms with Gasteiger partial charge in [-0.25, -0.2) is 0 Å². The maximum atomic E-state index is 9.44. The number of hydrogen-bond acceptors (Lipinski definition) is 4. The summed E-state index contributed by atoms with van der Waals surface area (Å²) in [7, 11) is 0. The van der Waals surface area contributed by atoms with Gasteiger partial charge in [0, 0.05) is 17.8 Å². The predicted octanol–water partition coefficient (Wildman–Crippen LogP) is 2.81. The monoisotopic (exact) mass is 284 g/mol. The highest BCUT2D eigenvalue weighted by molar-refractivity contribution is 5.55. The first-order valence-electron chi connectivity index (χ1n) is 7.48. The van der Waals surface area contributed by atoms with Crippen molar-refractivity contribution in [2.24, 2.45) is 5.41 Å². The quantitative estimate of drug-likeness (QED) is 0.865. The van der Waals surface area contributed by atoms with E-state index in [0.717, 1.165) is 36.9 Å². The van der Waals surface area contributed by atoms with Crippen molar-refractivity contribution in [2.45, 2.75) is 52.1 Å². The maximum Gasteiger partial charge on any atom is 0.116 e. The van der Waals surface area contributed by atoms with Gasteiger partial charge >= 0.3 is 0 Å². The molecule has 21 heavy (non-hydrogen) atoms. The van der Waals surface area contributed by atoms with Crippen LogP contribution in [0.1, 0.15) is 45.6 Å². The van der Waals surface area contributed by atoms with Crippen LogP contribution in [0.2, 0.25) is 0 Å². The van der Waals surface area contributed by atoms with Crippen molar-refractivity contribution in [1.82, 2.24) is 24.8 Å². The van der Waals surface area contributed by atoms with Gasteiger partial charge < -0.3 is 0 Å². The minimum atomic E-state index is -0.257. The van der Waals surface area contributed by atoms with Crippen LogP contribution in [0.25, 0.3) is 11.3 Å². The Labute approximate surface area is 124 Å². The number of rotatable bonds is 4. The largest absolute Gasteiger partial charge is 0.270 e. The molecule has 3 rings (SSSR count). The zero-order valence-corrected chi connectivity index (χ0v) is 12.5. The number of aromatic nitrogens is 5. The minimum absolute atomic E-state index is 0.257. The molecule has 0 spiro atoms. The summed E-state index contributed by atoms with van der Waals surface area (Å²) in [6.07, 6.45) is 9.90. The van der Waals surface area contributed by atoms with Crippen molar-refractivity contribution in [3.8, 4) is 17.3 Å². The Kier molecular flexibility index (Phi) is 3.50. The van der Waals surface area contributed by atoms with Crippen LogP contribution in [0.3, 0.4) is 0 Å². The standard InChI is InChI=1S/C15H20N6/c1-12(2)21-8-13(7-17-21)14-9-20(19-18-14)11-15(10-16)5-3-4-6-15/h7-9,12H,3-6,11H2,1-2H3. The SMILES string of the molecule is CC(C)n1cc(-c2cn(CC3(C#N)CCCC3)nn2)cn1. The van der Waals surface area contributed by atoms with Crippen molar-refractivity contribution in [3.63, 3.8) is 0 Å². The topological polar surface area (TPSA) is 72.3 Å². The first-order valence-corrected chi connectivity index (χ1v) is 7.48. The van der Waals surface area contributed by atoms with Crippen molar-refractivity contribution in [2.75, 3.05) is 0 Å². The Bertz CT molecular complexity index is 654. The van der Waals surface area contributed by atoms with Gasteiger partial charge in [-0.1, -0.05) is 18.1 Å². The molecule has 1 saturated carbocycles. The van der Waals surface area contributed by atoms with Crippen LogP contribution >= 0.6 is 0 Å². The van der Waals surface area contributed by atoms with Crippen LogP contribution in [0.15, 0.2) is 18.6 Å². The summed E-state index contributed by atoms with van der Waals surface area (Å²) in [6, 6.07) is 2.82. The summed E-state index contributed by atoms with van der Waals surface area (Å²) in [4.78, 5) is 0. The smallest absolute Gasteiger partial charge is 0.116 e. The molecule has 0 amide bonds. The molecule has 2 heterocycles. The fraction of sp³-hybridized carbons (Fsp3) is 0.600. The molecule has 6 nitrogen and oxygen atoms in total. The third kappa shape index (κ3) is 2.68. The van der Waals surface area contributed by atoms with E-state index in [2.05, 4.69) is 35.3 Å². The Morgan fingerprint density at radius 2 is 2.10 bits per heavy atom. The zero-order chi connectivity index (χ0) is 14.9. The lowest BCUT2D eigenvalue weighted by molar-refractivity contribution is 0.322. The van der Waals surface area contributed by atoms with E-state index in [4.69, 9.17) is 0 Å². The summed E-state index contributed by atoms with van der Waals surface area (Å²) < 4.78 is 3.71. The lowest BCUT2D eigenvalue weighted by Crippen LogP contribution is -2.21. The number of hydrogen-bond donors (Lipinski definition) is 0. The van der Waals surface area contributed by atoms with Gasteiger partial charge in [0.25, 0.3) is 0 Å². The van der Waals surface area contributed by atoms with Crippen LogP contribution in [0, 0.1) is 16.7 Å². The molecular formula is C15H20N6. The maximum absolute atomic E-state index is 9.44. The molecule has 0 aromatic carbocycles. The van der Waals surface area contributed by atoms with Crippen LogP contribution in [0.4, 0.5) is 0 Å². The molecule has 0 N–H and O–H groups in total. The highest BCUT2D eigenvalue weighted by Crippen LogP contribution is 2.38. The van der Waals surface area contributed by atoms with E-state index < -0.39 is 0 Å². The fourth-order valence-electron chi connectivity index (χ4n) is 2.93. The fourth-order valence-corrected chi connectivity index (χ4v) is 2.93. The molecule has 0 bridgehead atoms. The highest BCUT2D eigenvalue weighted by Gasteiger charge is 2.34. The second-order valence-electron chi connectivity index (χ2n) is 6.20. The first kappa shape index (κ1) is 13.8. The average molecular weight is 284 g/mol. The number of nitrogens with zero attached hydrogens (tertiary/aromatic N) is 6. The van der Waals surface area contributed by atoms with Gasteiger partial charge in [-0.05, 0) is 26.7 Å². The van der Waals surface area contributed by atoms with Crippen molar-refractivity contribution in [1.29, 1.82) is 5.26 Å². The summed E-state index contributed by atoms with van der Waals surface area (Å²) >= 11 is 0. The molecule has 6 heteroatoms. The average Bonchev–Trinajstić information content (AvgIpc) is 3.19. The van der Waals surface area contributed by atoms with Crippen molar-refractivity contribution < 1.29 is 0 Å². The van der Waals surface area contributed by atoms with Gasteiger partial charge in [0.05, 0.1) is 30.4 Å².